The van der Waals surface area contributed by atoms with Gasteiger partial charge in [0.1, 0.15) is 0 Å². The standard InChI is InChI=1S/C12H14FNO5/c1-12(2,11(15)16)6-7-4-8(14(17)18)5-9(13)10(7)19-3/h4-5H,6H2,1-3H3,(H,15,16). The normalized spacial score (nSPS) is 11.2. The van der Waals surface area contributed by atoms with Crippen molar-refractivity contribution in [1.82, 2.24) is 0 Å². The van der Waals surface area contributed by atoms with Crippen LogP contribution in [-0.2, 0) is 11.2 Å². The molecule has 19 heavy (non-hydrogen) atoms. The molecular weight excluding hydrogens is 257 g/mol. The quantitative estimate of drug-likeness (QED) is 0.656. The monoisotopic (exact) mass is 271 g/mol. The Hall–Kier alpha value is -2.18. The van der Waals surface area contributed by atoms with Gasteiger partial charge in [0.25, 0.3) is 5.69 Å². The van der Waals surface area contributed by atoms with Crippen molar-refractivity contribution < 1.29 is 24.0 Å². The number of ether oxygens (including phenoxy) is 1. The lowest BCUT2D eigenvalue weighted by Gasteiger charge is -2.20. The first-order valence-electron chi connectivity index (χ1n) is 5.43. The zero-order valence-electron chi connectivity index (χ0n) is 10.8. The van der Waals surface area contributed by atoms with Gasteiger partial charge in [-0.1, -0.05) is 0 Å². The van der Waals surface area contributed by atoms with Crippen molar-refractivity contribution in [2.24, 2.45) is 5.41 Å². The van der Waals surface area contributed by atoms with Crippen molar-refractivity contribution in [2.45, 2.75) is 20.3 Å². The Bertz CT molecular complexity index is 527. The Balaban J connectivity index is 3.32. The number of rotatable bonds is 5. The van der Waals surface area contributed by atoms with Gasteiger partial charge in [-0.25, -0.2) is 4.39 Å². The number of halogens is 1. The smallest absolute Gasteiger partial charge is 0.309 e. The Labute approximate surface area is 109 Å². The van der Waals surface area contributed by atoms with Gasteiger partial charge < -0.3 is 9.84 Å². The molecule has 0 bridgehead atoms. The second kappa shape index (κ2) is 5.21. The molecule has 0 spiro atoms. The number of carboxylic acid groups (broad SMARTS) is 1. The van der Waals surface area contributed by atoms with Gasteiger partial charge in [0.15, 0.2) is 11.6 Å². The fourth-order valence-electron chi connectivity index (χ4n) is 1.65. The minimum atomic E-state index is -1.19. The summed E-state index contributed by atoms with van der Waals surface area (Å²) < 4.78 is 18.5. The molecule has 0 aliphatic rings. The van der Waals surface area contributed by atoms with E-state index in [0.29, 0.717) is 0 Å². The highest BCUT2D eigenvalue weighted by Crippen LogP contribution is 2.33. The van der Waals surface area contributed by atoms with Crippen molar-refractivity contribution in [3.8, 4) is 5.75 Å². The first-order valence-corrected chi connectivity index (χ1v) is 5.43. The number of non-ortho nitro benzene ring substituents is 1. The summed E-state index contributed by atoms with van der Waals surface area (Å²) in [6.45, 7) is 2.90. The number of benzene rings is 1. The summed E-state index contributed by atoms with van der Waals surface area (Å²) in [4.78, 5) is 21.0. The highest BCUT2D eigenvalue weighted by molar-refractivity contribution is 5.74. The SMILES string of the molecule is COc1c(F)cc([N+](=O)[O-])cc1CC(C)(C)C(=O)O. The molecule has 1 aromatic rings. The molecule has 1 N–H and O–H groups in total. The zero-order chi connectivity index (χ0) is 14.8. The van der Waals surface area contributed by atoms with E-state index in [2.05, 4.69) is 0 Å². The van der Waals surface area contributed by atoms with E-state index >= 15 is 0 Å². The average molecular weight is 271 g/mol. The van der Waals surface area contributed by atoms with Gasteiger partial charge >= 0.3 is 5.97 Å². The molecular formula is C12H14FNO5. The van der Waals surface area contributed by atoms with Crippen molar-refractivity contribution in [3.05, 3.63) is 33.6 Å². The van der Waals surface area contributed by atoms with Crippen molar-refractivity contribution in [2.75, 3.05) is 7.11 Å². The summed E-state index contributed by atoms with van der Waals surface area (Å²) in [5, 5.41) is 19.7. The highest BCUT2D eigenvalue weighted by Gasteiger charge is 2.30. The number of hydrogen-bond acceptors (Lipinski definition) is 4. The van der Waals surface area contributed by atoms with Gasteiger partial charge in [0.05, 0.1) is 23.5 Å². The molecule has 0 radical (unpaired) electrons. The summed E-state index contributed by atoms with van der Waals surface area (Å²) in [5.74, 6) is -2.13. The van der Waals surface area contributed by atoms with E-state index < -0.39 is 27.8 Å². The largest absolute Gasteiger partial charge is 0.493 e. The first-order chi connectivity index (χ1) is 8.69. The van der Waals surface area contributed by atoms with Crippen LogP contribution in [0.15, 0.2) is 12.1 Å². The van der Waals surface area contributed by atoms with Crippen LogP contribution in [-0.4, -0.2) is 23.1 Å². The molecule has 0 saturated carbocycles. The molecule has 0 fully saturated rings. The van der Waals surface area contributed by atoms with E-state index in [0.717, 1.165) is 12.1 Å². The molecule has 0 aliphatic heterocycles. The number of nitrogens with zero attached hydrogens (tertiary/aromatic N) is 1. The molecule has 6 nitrogen and oxygen atoms in total. The van der Waals surface area contributed by atoms with Gasteiger partial charge in [-0.05, 0) is 20.3 Å². The van der Waals surface area contributed by atoms with Crippen molar-refractivity contribution >= 4 is 11.7 Å². The fourth-order valence-corrected chi connectivity index (χ4v) is 1.65. The van der Waals surface area contributed by atoms with Crippen LogP contribution in [0.25, 0.3) is 0 Å². The minimum Gasteiger partial charge on any atom is -0.493 e. The van der Waals surface area contributed by atoms with E-state index in [4.69, 9.17) is 9.84 Å². The number of methoxy groups -OCH3 is 1. The van der Waals surface area contributed by atoms with Crippen LogP contribution < -0.4 is 4.74 Å². The van der Waals surface area contributed by atoms with Crippen LogP contribution >= 0.6 is 0 Å². The number of nitro benzene ring substituents is 1. The summed E-state index contributed by atoms with van der Waals surface area (Å²) in [6, 6.07) is 1.88. The maximum Gasteiger partial charge on any atom is 0.309 e. The molecule has 0 saturated heterocycles. The van der Waals surface area contributed by atoms with Crippen LogP contribution in [0.4, 0.5) is 10.1 Å². The molecule has 0 aromatic heterocycles. The third kappa shape index (κ3) is 3.18. The van der Waals surface area contributed by atoms with Crippen molar-refractivity contribution in [1.29, 1.82) is 0 Å². The Morgan fingerprint density at radius 1 is 1.53 bits per heavy atom. The summed E-state index contributed by atoms with van der Waals surface area (Å²) in [6.07, 6.45) is -0.0793. The lowest BCUT2D eigenvalue weighted by molar-refractivity contribution is -0.385. The summed E-state index contributed by atoms with van der Waals surface area (Å²) in [7, 11) is 1.22. The number of carboxylic acids is 1. The molecule has 0 aliphatic carbocycles. The van der Waals surface area contributed by atoms with Crippen molar-refractivity contribution in [3.63, 3.8) is 0 Å². The number of carbonyl (C=O) groups is 1. The number of aliphatic carboxylic acids is 1. The average Bonchev–Trinajstić information content (AvgIpc) is 2.27. The number of nitro groups is 1. The molecule has 1 aromatic carbocycles. The molecule has 7 heteroatoms. The summed E-state index contributed by atoms with van der Waals surface area (Å²) in [5.41, 5.74) is -1.47. The van der Waals surface area contributed by atoms with Gasteiger partial charge in [0, 0.05) is 11.6 Å². The van der Waals surface area contributed by atoms with Gasteiger partial charge in [0.2, 0.25) is 0 Å². The number of hydrogen-bond donors (Lipinski definition) is 1. The second-order valence-corrected chi connectivity index (χ2v) is 4.74. The van der Waals surface area contributed by atoms with Crippen LogP contribution in [0.3, 0.4) is 0 Å². The van der Waals surface area contributed by atoms with E-state index in [9.17, 15) is 19.3 Å². The van der Waals surface area contributed by atoms with Gasteiger partial charge in [-0.3, -0.25) is 14.9 Å². The second-order valence-electron chi connectivity index (χ2n) is 4.74. The third-order valence-electron chi connectivity index (χ3n) is 2.73. The van der Waals surface area contributed by atoms with E-state index in [1.54, 1.807) is 0 Å². The third-order valence-corrected chi connectivity index (χ3v) is 2.73. The molecule has 0 heterocycles. The maximum atomic E-state index is 13.7. The minimum absolute atomic E-state index is 0.0793. The molecule has 104 valence electrons. The van der Waals surface area contributed by atoms with Gasteiger partial charge in [-0.2, -0.15) is 0 Å². The van der Waals surface area contributed by atoms with Crippen LogP contribution in [0, 0.1) is 21.3 Å². The summed E-state index contributed by atoms with van der Waals surface area (Å²) >= 11 is 0. The molecule has 0 unspecified atom stereocenters. The lowest BCUT2D eigenvalue weighted by atomic mass is 9.85. The fraction of sp³-hybridized carbons (Fsp3) is 0.417. The molecule has 0 atom stereocenters. The van der Waals surface area contributed by atoms with E-state index in [1.165, 1.54) is 21.0 Å². The van der Waals surface area contributed by atoms with Crippen LogP contribution in [0.1, 0.15) is 19.4 Å². The van der Waals surface area contributed by atoms with E-state index in [-0.39, 0.29) is 17.7 Å². The topological polar surface area (TPSA) is 89.7 Å². The Kier molecular flexibility index (Phi) is 4.08. The zero-order valence-corrected chi connectivity index (χ0v) is 10.8. The Morgan fingerprint density at radius 2 is 2.11 bits per heavy atom. The van der Waals surface area contributed by atoms with Gasteiger partial charge in [-0.15, -0.1) is 0 Å². The first kappa shape index (κ1) is 14.9. The van der Waals surface area contributed by atoms with E-state index in [1.807, 2.05) is 0 Å². The van der Waals surface area contributed by atoms with Crippen LogP contribution in [0.5, 0.6) is 5.75 Å². The molecule has 0 amide bonds. The van der Waals surface area contributed by atoms with Crippen LogP contribution in [0.2, 0.25) is 0 Å². The maximum absolute atomic E-state index is 13.7. The predicted molar refractivity (Wildman–Crippen MR) is 64.7 cm³/mol. The Morgan fingerprint density at radius 3 is 2.53 bits per heavy atom. The molecule has 1 rings (SSSR count). The lowest BCUT2D eigenvalue weighted by Crippen LogP contribution is -2.26. The highest BCUT2D eigenvalue weighted by atomic mass is 19.1. The predicted octanol–water partition coefficient (Wildman–Crippen LogP) is 2.40.